The number of carboxylic acids is 1. The molecule has 9 heteroatoms. The fourth-order valence-electron chi connectivity index (χ4n) is 6.01. The molecule has 2 atom stereocenters. The molecule has 5 rings (SSSR count). The SMILES string of the molecule is O=C(O)[C@@H]1[C@@H](CC2CCNCC2)C(=O)N1C(=O)N1CCN(C(=O)CC=C(c2ccccc2)c2ccccc2)CC1. The lowest BCUT2D eigenvalue weighted by Crippen LogP contribution is -2.69. The van der Waals surface area contributed by atoms with Gasteiger partial charge in [-0.15, -0.1) is 0 Å². The van der Waals surface area contributed by atoms with Crippen molar-refractivity contribution in [1.82, 2.24) is 20.0 Å². The van der Waals surface area contributed by atoms with Crippen LogP contribution in [0.5, 0.6) is 0 Å². The van der Waals surface area contributed by atoms with Gasteiger partial charge >= 0.3 is 12.0 Å². The Kier molecular flexibility index (Phi) is 8.60. The minimum Gasteiger partial charge on any atom is -0.480 e. The molecule has 2 aromatic rings. The fraction of sp³-hybridized carbons (Fsp3) is 0.419. The molecule has 3 fully saturated rings. The fourth-order valence-corrected chi connectivity index (χ4v) is 6.01. The zero-order chi connectivity index (χ0) is 28.1. The highest BCUT2D eigenvalue weighted by molar-refractivity contribution is 6.07. The molecule has 2 N–H and O–H groups in total. The van der Waals surface area contributed by atoms with Crippen LogP contribution in [0.4, 0.5) is 4.79 Å². The monoisotopic (exact) mass is 544 g/mol. The predicted octanol–water partition coefficient (Wildman–Crippen LogP) is 3.07. The van der Waals surface area contributed by atoms with Gasteiger partial charge in [-0.25, -0.2) is 14.5 Å². The number of nitrogens with one attached hydrogen (secondary N) is 1. The molecule has 210 valence electrons. The zero-order valence-corrected chi connectivity index (χ0v) is 22.6. The maximum absolute atomic E-state index is 13.2. The van der Waals surface area contributed by atoms with E-state index in [1.807, 2.05) is 66.7 Å². The molecular weight excluding hydrogens is 508 g/mol. The summed E-state index contributed by atoms with van der Waals surface area (Å²) in [5, 5.41) is 13.1. The Balaban J connectivity index is 1.18. The van der Waals surface area contributed by atoms with E-state index >= 15 is 0 Å². The van der Waals surface area contributed by atoms with Crippen LogP contribution in [0, 0.1) is 11.8 Å². The molecular formula is C31H36N4O5. The summed E-state index contributed by atoms with van der Waals surface area (Å²) in [5.41, 5.74) is 3.04. The molecule has 0 aromatic heterocycles. The first-order valence-corrected chi connectivity index (χ1v) is 14.1. The number of piperidine rings is 1. The van der Waals surface area contributed by atoms with Crippen LogP contribution in [0.15, 0.2) is 66.7 Å². The number of rotatable bonds is 7. The van der Waals surface area contributed by atoms with Gasteiger partial charge in [0.1, 0.15) is 0 Å². The van der Waals surface area contributed by atoms with Gasteiger partial charge in [-0.1, -0.05) is 66.7 Å². The molecule has 3 aliphatic heterocycles. The molecule has 4 amide bonds. The van der Waals surface area contributed by atoms with Gasteiger partial charge in [-0.3, -0.25) is 9.59 Å². The summed E-state index contributed by atoms with van der Waals surface area (Å²) in [5.74, 6) is -1.93. The van der Waals surface area contributed by atoms with E-state index in [4.69, 9.17) is 0 Å². The number of imide groups is 1. The van der Waals surface area contributed by atoms with Crippen molar-refractivity contribution in [2.45, 2.75) is 31.7 Å². The number of carbonyl (C=O) groups excluding carboxylic acids is 3. The summed E-state index contributed by atoms with van der Waals surface area (Å²) in [6.45, 7) is 2.92. The van der Waals surface area contributed by atoms with Crippen LogP contribution in [0.3, 0.4) is 0 Å². The van der Waals surface area contributed by atoms with Crippen molar-refractivity contribution in [3.05, 3.63) is 77.9 Å². The standard InChI is InChI=1S/C31H36N4O5/c36-27(12-11-25(23-7-3-1-4-8-23)24-9-5-2-6-10-24)33-17-19-34(20-18-33)31(40)35-28(30(38)39)26(29(35)37)21-22-13-15-32-16-14-22/h1-11,22,26,28,32H,12-21H2,(H,38,39)/t26-,28+/m1/s1. The van der Waals surface area contributed by atoms with E-state index in [9.17, 15) is 24.3 Å². The van der Waals surface area contributed by atoms with Gasteiger partial charge < -0.3 is 20.2 Å². The van der Waals surface area contributed by atoms with Gasteiger partial charge in [-0.2, -0.15) is 0 Å². The van der Waals surface area contributed by atoms with Gasteiger partial charge in [0.15, 0.2) is 6.04 Å². The van der Waals surface area contributed by atoms with Gasteiger partial charge in [0.2, 0.25) is 11.8 Å². The van der Waals surface area contributed by atoms with Gasteiger partial charge in [-0.05, 0) is 55.0 Å². The number of carbonyl (C=O) groups is 4. The molecule has 0 spiro atoms. The third-order valence-corrected chi connectivity index (χ3v) is 8.27. The predicted molar refractivity (Wildman–Crippen MR) is 150 cm³/mol. The van der Waals surface area contributed by atoms with E-state index in [0.717, 1.165) is 47.5 Å². The lowest BCUT2D eigenvalue weighted by molar-refractivity contribution is -0.167. The lowest BCUT2D eigenvalue weighted by Gasteiger charge is -2.47. The number of hydrogen-bond acceptors (Lipinski definition) is 5. The van der Waals surface area contributed by atoms with Crippen LogP contribution in [0.1, 0.15) is 36.8 Å². The minimum absolute atomic E-state index is 0.0399. The van der Waals surface area contributed by atoms with Crippen molar-refractivity contribution < 1.29 is 24.3 Å². The highest BCUT2D eigenvalue weighted by atomic mass is 16.4. The first-order valence-electron chi connectivity index (χ1n) is 14.1. The number of benzene rings is 2. The summed E-state index contributed by atoms with van der Waals surface area (Å²) in [4.78, 5) is 55.4. The Bertz CT molecular complexity index is 1210. The van der Waals surface area contributed by atoms with Crippen LogP contribution in [-0.2, 0) is 14.4 Å². The Morgan fingerprint density at radius 1 is 0.850 bits per heavy atom. The molecule has 3 saturated heterocycles. The number of β-lactam (4-membered cyclic amide) rings is 1. The maximum atomic E-state index is 13.2. The van der Waals surface area contributed by atoms with Crippen molar-refractivity contribution in [2.24, 2.45) is 11.8 Å². The number of hydrogen-bond donors (Lipinski definition) is 2. The van der Waals surface area contributed by atoms with E-state index in [2.05, 4.69) is 5.32 Å². The number of urea groups is 1. The van der Waals surface area contributed by atoms with E-state index in [0.29, 0.717) is 25.4 Å². The van der Waals surface area contributed by atoms with Gasteiger partial charge in [0.05, 0.1) is 5.92 Å². The van der Waals surface area contributed by atoms with Crippen molar-refractivity contribution >= 4 is 29.4 Å². The second-order valence-electron chi connectivity index (χ2n) is 10.7. The Morgan fingerprint density at radius 2 is 1.40 bits per heavy atom. The molecule has 9 nitrogen and oxygen atoms in total. The number of nitrogens with zero attached hydrogens (tertiary/aromatic N) is 3. The maximum Gasteiger partial charge on any atom is 0.327 e. The average molecular weight is 545 g/mol. The van der Waals surface area contributed by atoms with Crippen LogP contribution < -0.4 is 5.32 Å². The van der Waals surface area contributed by atoms with Gasteiger partial charge in [0, 0.05) is 32.6 Å². The number of carboxylic acid groups (broad SMARTS) is 1. The van der Waals surface area contributed by atoms with E-state index in [1.54, 1.807) is 4.90 Å². The van der Waals surface area contributed by atoms with Crippen LogP contribution in [0.25, 0.3) is 5.57 Å². The van der Waals surface area contributed by atoms with Crippen molar-refractivity contribution in [2.75, 3.05) is 39.3 Å². The number of likely N-dealkylation sites (tertiary alicyclic amines) is 1. The number of aliphatic carboxylic acids is 1. The zero-order valence-electron chi connectivity index (χ0n) is 22.6. The minimum atomic E-state index is -1.14. The molecule has 0 bridgehead atoms. The molecule has 0 unspecified atom stereocenters. The summed E-state index contributed by atoms with van der Waals surface area (Å²) in [7, 11) is 0. The van der Waals surface area contributed by atoms with E-state index in [1.165, 1.54) is 4.90 Å². The lowest BCUT2D eigenvalue weighted by atomic mass is 9.78. The highest BCUT2D eigenvalue weighted by Crippen LogP contribution is 2.35. The van der Waals surface area contributed by atoms with Crippen LogP contribution in [-0.4, -0.2) is 88.9 Å². The topological polar surface area (TPSA) is 110 Å². The smallest absolute Gasteiger partial charge is 0.327 e. The third kappa shape index (κ3) is 5.94. The molecule has 0 saturated carbocycles. The molecule has 2 aromatic carbocycles. The molecule has 0 radical (unpaired) electrons. The summed E-state index contributed by atoms with van der Waals surface area (Å²) in [6.07, 6.45) is 4.49. The van der Waals surface area contributed by atoms with E-state index < -0.39 is 29.9 Å². The summed E-state index contributed by atoms with van der Waals surface area (Å²) < 4.78 is 0. The Labute approximate surface area is 234 Å². The Hall–Kier alpha value is -3.98. The quantitative estimate of drug-likeness (QED) is 0.519. The first kappa shape index (κ1) is 27.6. The Morgan fingerprint density at radius 3 is 1.95 bits per heavy atom. The second kappa shape index (κ2) is 12.5. The van der Waals surface area contributed by atoms with Crippen molar-refractivity contribution in [3.8, 4) is 0 Å². The average Bonchev–Trinajstić information content (AvgIpc) is 2.99. The van der Waals surface area contributed by atoms with Crippen molar-refractivity contribution in [3.63, 3.8) is 0 Å². The van der Waals surface area contributed by atoms with Gasteiger partial charge in [0.25, 0.3) is 0 Å². The normalized spacial score (nSPS) is 21.5. The van der Waals surface area contributed by atoms with Crippen LogP contribution >= 0.6 is 0 Å². The third-order valence-electron chi connectivity index (χ3n) is 8.27. The van der Waals surface area contributed by atoms with Crippen molar-refractivity contribution in [1.29, 1.82) is 0 Å². The molecule has 3 heterocycles. The summed E-state index contributed by atoms with van der Waals surface area (Å²) >= 11 is 0. The highest BCUT2D eigenvalue weighted by Gasteiger charge is 2.56. The summed E-state index contributed by atoms with van der Waals surface area (Å²) in [6, 6.07) is 18.2. The molecule has 3 aliphatic rings. The van der Waals surface area contributed by atoms with Crippen LogP contribution in [0.2, 0.25) is 0 Å². The van der Waals surface area contributed by atoms with E-state index in [-0.39, 0.29) is 25.4 Å². The number of amides is 4. The second-order valence-corrected chi connectivity index (χ2v) is 10.7. The number of piperazine rings is 1. The molecule has 0 aliphatic carbocycles. The molecule has 40 heavy (non-hydrogen) atoms. The first-order chi connectivity index (χ1) is 19.4. The largest absolute Gasteiger partial charge is 0.480 e.